The van der Waals surface area contributed by atoms with Crippen LogP contribution in [-0.4, -0.2) is 19.5 Å². The van der Waals surface area contributed by atoms with E-state index >= 15 is 0 Å². The number of fused-ring (bicyclic) bond motifs is 9. The number of aromatic nitrogens is 4. The topological polar surface area (TPSA) is 43.6 Å². The maximum absolute atomic E-state index is 5.15. The molecule has 6 heteroatoms. The van der Waals surface area contributed by atoms with Crippen LogP contribution in [0.25, 0.3) is 124 Å². The van der Waals surface area contributed by atoms with Crippen LogP contribution in [0.5, 0.6) is 0 Å². The van der Waals surface area contributed by atoms with Crippen LogP contribution in [0.2, 0.25) is 0 Å². The summed E-state index contributed by atoms with van der Waals surface area (Å²) >= 11 is 3.67. The molecule has 63 heavy (non-hydrogen) atoms. The first-order valence-corrected chi connectivity index (χ1v) is 22.7. The average molecular weight is 839 g/mol. The molecule has 13 rings (SSSR count). The smallest absolute Gasteiger partial charge is 0.164 e. The van der Waals surface area contributed by atoms with Gasteiger partial charge in [0.25, 0.3) is 0 Å². The minimum Gasteiger partial charge on any atom is -0.309 e. The van der Waals surface area contributed by atoms with E-state index < -0.39 is 0 Å². The van der Waals surface area contributed by atoms with Crippen LogP contribution in [0.1, 0.15) is 0 Å². The lowest BCUT2D eigenvalue weighted by Gasteiger charge is -2.10. The van der Waals surface area contributed by atoms with Crippen LogP contribution in [0.3, 0.4) is 0 Å². The predicted octanol–water partition coefficient (Wildman–Crippen LogP) is 16.0. The Morgan fingerprint density at radius 3 is 1.44 bits per heavy atom. The van der Waals surface area contributed by atoms with Gasteiger partial charge in [0.15, 0.2) is 17.5 Å². The zero-order valence-electron chi connectivity index (χ0n) is 33.7. The van der Waals surface area contributed by atoms with Gasteiger partial charge in [-0.1, -0.05) is 140 Å². The molecular formula is C57H34N4S2. The summed E-state index contributed by atoms with van der Waals surface area (Å²) in [5, 5.41) is 7.43. The Morgan fingerprint density at radius 1 is 0.302 bits per heavy atom. The van der Waals surface area contributed by atoms with E-state index in [-0.39, 0.29) is 0 Å². The van der Waals surface area contributed by atoms with Crippen molar-refractivity contribution >= 4 is 84.8 Å². The van der Waals surface area contributed by atoms with E-state index in [2.05, 4.69) is 174 Å². The van der Waals surface area contributed by atoms with Gasteiger partial charge in [-0.25, -0.2) is 15.0 Å². The van der Waals surface area contributed by atoms with E-state index in [1.807, 2.05) is 59.1 Å². The quantitative estimate of drug-likeness (QED) is 0.168. The molecule has 4 heterocycles. The van der Waals surface area contributed by atoms with Gasteiger partial charge in [0.2, 0.25) is 0 Å². The molecule has 0 atom stereocenters. The van der Waals surface area contributed by atoms with E-state index in [0.29, 0.717) is 17.5 Å². The van der Waals surface area contributed by atoms with Crippen molar-refractivity contribution in [2.45, 2.75) is 0 Å². The van der Waals surface area contributed by atoms with Gasteiger partial charge in [0.1, 0.15) is 0 Å². The monoisotopic (exact) mass is 838 g/mol. The minimum absolute atomic E-state index is 0.656. The second-order valence-corrected chi connectivity index (χ2v) is 18.1. The van der Waals surface area contributed by atoms with Gasteiger partial charge in [0, 0.05) is 73.5 Å². The van der Waals surface area contributed by atoms with Crippen LogP contribution < -0.4 is 0 Å². The number of hydrogen-bond acceptors (Lipinski definition) is 5. The Hall–Kier alpha value is -7.77. The Bertz CT molecular complexity index is 3850. The molecule has 0 fully saturated rings. The summed E-state index contributed by atoms with van der Waals surface area (Å²) in [4.78, 5) is 15.3. The van der Waals surface area contributed by atoms with Gasteiger partial charge in [-0.15, -0.1) is 22.7 Å². The van der Waals surface area contributed by atoms with Crippen LogP contribution in [0.15, 0.2) is 206 Å². The molecule has 0 aliphatic rings. The maximum atomic E-state index is 5.15. The molecule has 0 amide bonds. The van der Waals surface area contributed by atoms with Gasteiger partial charge >= 0.3 is 0 Å². The molecule has 0 bridgehead atoms. The molecule has 0 aliphatic heterocycles. The number of rotatable bonds is 6. The average Bonchev–Trinajstić information content (AvgIpc) is 4.03. The Morgan fingerprint density at radius 2 is 0.778 bits per heavy atom. The third-order valence-corrected chi connectivity index (χ3v) is 14.5. The number of benzene rings is 9. The largest absolute Gasteiger partial charge is 0.309 e. The molecule has 0 radical (unpaired) electrons. The van der Waals surface area contributed by atoms with Crippen molar-refractivity contribution in [2.24, 2.45) is 0 Å². The zero-order chi connectivity index (χ0) is 41.4. The number of nitrogens with zero attached hydrogens (tertiary/aromatic N) is 4. The van der Waals surface area contributed by atoms with E-state index in [1.54, 1.807) is 0 Å². The van der Waals surface area contributed by atoms with Crippen LogP contribution in [0, 0.1) is 0 Å². The van der Waals surface area contributed by atoms with Crippen LogP contribution in [0.4, 0.5) is 0 Å². The first-order valence-electron chi connectivity index (χ1n) is 21.1. The van der Waals surface area contributed by atoms with Crippen molar-refractivity contribution in [3.05, 3.63) is 206 Å². The molecule has 0 unspecified atom stereocenters. The van der Waals surface area contributed by atoms with E-state index in [0.717, 1.165) is 33.3 Å². The first-order chi connectivity index (χ1) is 31.2. The highest BCUT2D eigenvalue weighted by Crippen LogP contribution is 2.44. The predicted molar refractivity (Wildman–Crippen MR) is 267 cm³/mol. The third kappa shape index (κ3) is 5.91. The SMILES string of the molecule is c1ccc(-c2nc(-c3ccccc3)nc(-c3cccc4sc5ccc(-c6ccc7c(c6)c6cc(-c8cccc9sc%10ccccc%10c89)ccc6n7-c6ccccc6)cc5c34)n2)cc1. The molecule has 4 nitrogen and oxygen atoms in total. The Balaban J connectivity index is 1.00. The molecule has 0 spiro atoms. The van der Waals surface area contributed by atoms with Crippen molar-refractivity contribution in [3.63, 3.8) is 0 Å². The summed E-state index contributed by atoms with van der Waals surface area (Å²) in [5.74, 6) is 1.97. The van der Waals surface area contributed by atoms with Gasteiger partial charge in [-0.05, 0) is 89.0 Å². The minimum atomic E-state index is 0.656. The molecule has 0 N–H and O–H groups in total. The standard InChI is InChI=1S/C57H34N4S2/c1-4-14-35(15-5-1)55-58-56(36-16-6-2-7-17-36)60-57(59-55)43-22-13-25-52-54(43)46-33-38(28-31-50(46)63-52)37-26-29-47-44(32-37)45-34-39(27-30-48(45)61(47)40-18-8-3-9-19-40)41-21-12-24-51-53(41)42-20-10-11-23-49(42)62-51/h1-34H. The number of hydrogen-bond donors (Lipinski definition) is 0. The van der Waals surface area contributed by atoms with Crippen LogP contribution >= 0.6 is 22.7 Å². The summed E-state index contributed by atoms with van der Waals surface area (Å²) < 4.78 is 7.46. The van der Waals surface area contributed by atoms with E-state index in [4.69, 9.17) is 15.0 Å². The number of thiophene rings is 2. The first kappa shape index (κ1) is 35.9. The molecule has 4 aromatic heterocycles. The maximum Gasteiger partial charge on any atom is 0.164 e. The van der Waals surface area contributed by atoms with E-state index in [1.165, 1.54) is 73.5 Å². The fourth-order valence-electron chi connectivity index (χ4n) is 9.36. The second kappa shape index (κ2) is 14.4. The molecule has 13 aromatic rings. The summed E-state index contributed by atoms with van der Waals surface area (Å²) in [6, 6.07) is 74.0. The highest BCUT2D eigenvalue weighted by Gasteiger charge is 2.20. The zero-order valence-corrected chi connectivity index (χ0v) is 35.4. The molecule has 294 valence electrons. The molecule has 0 saturated carbocycles. The fourth-order valence-corrected chi connectivity index (χ4v) is 11.6. The van der Waals surface area contributed by atoms with Gasteiger partial charge < -0.3 is 4.57 Å². The van der Waals surface area contributed by atoms with E-state index in [9.17, 15) is 0 Å². The lowest BCUT2D eigenvalue weighted by molar-refractivity contribution is 1.08. The fraction of sp³-hybridized carbons (Fsp3) is 0. The molecule has 9 aromatic carbocycles. The molecule has 0 aliphatic carbocycles. The van der Waals surface area contributed by atoms with Crippen LogP contribution in [-0.2, 0) is 0 Å². The molecular weight excluding hydrogens is 805 g/mol. The van der Waals surface area contributed by atoms with Gasteiger partial charge in [-0.2, -0.15) is 0 Å². The lowest BCUT2D eigenvalue weighted by atomic mass is 9.97. The number of para-hydroxylation sites is 1. The van der Waals surface area contributed by atoms with Gasteiger partial charge in [-0.3, -0.25) is 0 Å². The van der Waals surface area contributed by atoms with Crippen molar-refractivity contribution in [3.8, 4) is 62.1 Å². The van der Waals surface area contributed by atoms with Gasteiger partial charge in [0.05, 0.1) is 11.0 Å². The van der Waals surface area contributed by atoms with Crippen molar-refractivity contribution in [1.29, 1.82) is 0 Å². The Kier molecular flexibility index (Phi) is 8.22. The Labute approximate surface area is 370 Å². The van der Waals surface area contributed by atoms with Crippen molar-refractivity contribution < 1.29 is 0 Å². The summed E-state index contributed by atoms with van der Waals surface area (Å²) in [7, 11) is 0. The summed E-state index contributed by atoms with van der Waals surface area (Å²) in [6.07, 6.45) is 0. The third-order valence-electron chi connectivity index (χ3n) is 12.3. The normalized spacial score (nSPS) is 11.8. The van der Waals surface area contributed by atoms with Crippen molar-refractivity contribution in [1.82, 2.24) is 19.5 Å². The highest BCUT2D eigenvalue weighted by molar-refractivity contribution is 7.26. The summed E-state index contributed by atoms with van der Waals surface area (Å²) in [6.45, 7) is 0. The molecule has 0 saturated heterocycles. The second-order valence-electron chi connectivity index (χ2n) is 15.9. The lowest BCUT2D eigenvalue weighted by Crippen LogP contribution is -2.00. The van der Waals surface area contributed by atoms with Crippen molar-refractivity contribution in [2.75, 3.05) is 0 Å². The highest BCUT2D eigenvalue weighted by atomic mass is 32.1. The summed E-state index contributed by atoms with van der Waals surface area (Å²) in [5.41, 5.74) is 11.2.